The molecule has 29 heavy (non-hydrogen) atoms. The number of benzene rings is 1. The first-order valence-electron chi connectivity index (χ1n) is 9.79. The van der Waals surface area contributed by atoms with Crippen LogP contribution in [0.1, 0.15) is 48.2 Å². The third-order valence-corrected chi connectivity index (χ3v) is 7.12. The Morgan fingerprint density at radius 2 is 1.93 bits per heavy atom. The number of carbonyl (C=O) groups is 3. The van der Waals surface area contributed by atoms with E-state index in [4.69, 9.17) is 0 Å². The van der Waals surface area contributed by atoms with E-state index in [1.54, 1.807) is 0 Å². The number of nitrogens with one attached hydrogen (secondary N) is 2. The minimum Gasteiger partial charge on any atom is -0.480 e. The molecule has 1 heterocycles. The average molecular weight is 435 g/mol. The molecule has 1 fully saturated rings. The summed E-state index contributed by atoms with van der Waals surface area (Å²) in [6.07, 6.45) is 5.93. The molecule has 0 spiro atoms. The van der Waals surface area contributed by atoms with Gasteiger partial charge in [0.05, 0.1) is 4.88 Å². The fourth-order valence-corrected chi connectivity index (χ4v) is 5.16. The van der Waals surface area contributed by atoms with Crippen molar-refractivity contribution in [2.24, 2.45) is 0 Å². The van der Waals surface area contributed by atoms with Crippen molar-refractivity contribution in [2.75, 3.05) is 12.0 Å². The van der Waals surface area contributed by atoms with Crippen LogP contribution in [-0.4, -0.2) is 46.5 Å². The Labute approximate surface area is 178 Å². The third kappa shape index (κ3) is 5.11. The Kier molecular flexibility index (Phi) is 7.18. The highest BCUT2D eigenvalue weighted by Crippen LogP contribution is 2.31. The van der Waals surface area contributed by atoms with Crippen LogP contribution in [-0.2, 0) is 9.59 Å². The number of thiophene rings is 1. The lowest BCUT2D eigenvalue weighted by Gasteiger charge is -2.37. The van der Waals surface area contributed by atoms with Gasteiger partial charge in [0.25, 0.3) is 5.91 Å². The van der Waals surface area contributed by atoms with Crippen LogP contribution >= 0.6 is 23.1 Å². The number of fused-ring (bicyclic) bond motifs is 1. The van der Waals surface area contributed by atoms with Gasteiger partial charge in [-0.15, -0.1) is 11.3 Å². The van der Waals surface area contributed by atoms with Crippen LogP contribution in [0.15, 0.2) is 30.3 Å². The van der Waals surface area contributed by atoms with Crippen LogP contribution < -0.4 is 10.6 Å². The molecule has 6 nitrogen and oxygen atoms in total. The van der Waals surface area contributed by atoms with Gasteiger partial charge in [-0.3, -0.25) is 9.59 Å². The van der Waals surface area contributed by atoms with E-state index >= 15 is 0 Å². The summed E-state index contributed by atoms with van der Waals surface area (Å²) in [7, 11) is 0. The van der Waals surface area contributed by atoms with Crippen molar-refractivity contribution in [3.8, 4) is 0 Å². The number of carboxylic acids is 1. The van der Waals surface area contributed by atoms with Crippen LogP contribution in [0.4, 0.5) is 0 Å². The number of hydrogen-bond acceptors (Lipinski definition) is 5. The van der Waals surface area contributed by atoms with Crippen LogP contribution in [0.25, 0.3) is 10.1 Å². The molecular weight excluding hydrogens is 408 g/mol. The van der Waals surface area contributed by atoms with Crippen LogP contribution in [0, 0.1) is 0 Å². The fourth-order valence-electron chi connectivity index (χ4n) is 3.73. The van der Waals surface area contributed by atoms with E-state index in [0.717, 1.165) is 29.3 Å². The molecule has 1 atom stereocenters. The summed E-state index contributed by atoms with van der Waals surface area (Å²) in [6.45, 7) is 0. The van der Waals surface area contributed by atoms with Gasteiger partial charge < -0.3 is 15.7 Å². The number of thioether (sulfide) groups is 1. The monoisotopic (exact) mass is 434 g/mol. The molecule has 1 aliphatic rings. The van der Waals surface area contributed by atoms with Gasteiger partial charge in [-0.25, -0.2) is 4.79 Å². The molecule has 3 rings (SSSR count). The molecule has 1 aromatic carbocycles. The van der Waals surface area contributed by atoms with Crippen molar-refractivity contribution >= 4 is 51.0 Å². The summed E-state index contributed by atoms with van der Waals surface area (Å²) in [5, 5.41) is 16.1. The number of rotatable bonds is 8. The van der Waals surface area contributed by atoms with E-state index in [-0.39, 0.29) is 11.8 Å². The average Bonchev–Trinajstić information content (AvgIpc) is 3.16. The van der Waals surface area contributed by atoms with Crippen molar-refractivity contribution in [3.63, 3.8) is 0 Å². The minimum absolute atomic E-state index is 0.278. The molecule has 2 aromatic rings. The second kappa shape index (κ2) is 9.63. The van der Waals surface area contributed by atoms with Crippen LogP contribution in [0.2, 0.25) is 0 Å². The summed E-state index contributed by atoms with van der Waals surface area (Å²) in [6, 6.07) is 8.65. The van der Waals surface area contributed by atoms with Crippen molar-refractivity contribution in [3.05, 3.63) is 35.2 Å². The lowest BCUT2D eigenvalue weighted by atomic mass is 9.80. The number of aliphatic carboxylic acids is 1. The highest BCUT2D eigenvalue weighted by atomic mass is 32.2. The van der Waals surface area contributed by atoms with E-state index in [0.29, 0.717) is 29.9 Å². The lowest BCUT2D eigenvalue weighted by Crippen LogP contribution is -2.61. The maximum atomic E-state index is 13.1. The Bertz CT molecular complexity index is 857. The maximum absolute atomic E-state index is 13.1. The summed E-state index contributed by atoms with van der Waals surface area (Å²) in [5.74, 6) is -1.08. The van der Waals surface area contributed by atoms with Gasteiger partial charge in [-0.05, 0) is 48.8 Å². The molecular formula is C21H26N2O4S2. The van der Waals surface area contributed by atoms with E-state index in [1.807, 2.05) is 36.6 Å². The highest BCUT2D eigenvalue weighted by Gasteiger charge is 2.42. The van der Waals surface area contributed by atoms with Gasteiger partial charge in [0, 0.05) is 4.70 Å². The molecule has 0 radical (unpaired) electrons. The first kappa shape index (κ1) is 21.6. The summed E-state index contributed by atoms with van der Waals surface area (Å²) in [5.41, 5.74) is -1.06. The quantitative estimate of drug-likeness (QED) is 0.589. The summed E-state index contributed by atoms with van der Waals surface area (Å²) in [4.78, 5) is 38.2. The highest BCUT2D eigenvalue weighted by molar-refractivity contribution is 7.98. The normalized spacial score (nSPS) is 16.9. The van der Waals surface area contributed by atoms with E-state index in [2.05, 4.69) is 10.6 Å². The van der Waals surface area contributed by atoms with Crippen molar-refractivity contribution < 1.29 is 19.5 Å². The topological polar surface area (TPSA) is 95.5 Å². The van der Waals surface area contributed by atoms with E-state index in [1.165, 1.54) is 23.1 Å². The van der Waals surface area contributed by atoms with Gasteiger partial charge >= 0.3 is 5.97 Å². The number of amides is 2. The van der Waals surface area contributed by atoms with Gasteiger partial charge in [0.15, 0.2) is 0 Å². The molecule has 2 amide bonds. The Morgan fingerprint density at radius 1 is 1.21 bits per heavy atom. The van der Waals surface area contributed by atoms with Gasteiger partial charge in [0.2, 0.25) is 5.91 Å². The SMILES string of the molecule is CSCCC(NC(=O)C1(NC(=O)c2cc3ccccc3s2)CCCCC1)C(=O)O. The van der Waals surface area contributed by atoms with Crippen molar-refractivity contribution in [1.29, 1.82) is 0 Å². The van der Waals surface area contributed by atoms with Gasteiger partial charge in [-0.2, -0.15) is 11.8 Å². The Balaban J connectivity index is 1.79. The van der Waals surface area contributed by atoms with E-state index in [9.17, 15) is 19.5 Å². The largest absolute Gasteiger partial charge is 0.480 e. The number of hydrogen-bond donors (Lipinski definition) is 3. The smallest absolute Gasteiger partial charge is 0.326 e. The molecule has 0 saturated heterocycles. The van der Waals surface area contributed by atoms with Crippen LogP contribution in [0.3, 0.4) is 0 Å². The molecule has 1 aromatic heterocycles. The number of carboxylic acid groups (broad SMARTS) is 1. The minimum atomic E-state index is -1.06. The number of carbonyl (C=O) groups excluding carboxylic acids is 2. The predicted molar refractivity (Wildman–Crippen MR) is 118 cm³/mol. The Hall–Kier alpha value is -2.06. The second-order valence-electron chi connectivity index (χ2n) is 7.39. The summed E-state index contributed by atoms with van der Waals surface area (Å²) >= 11 is 2.93. The van der Waals surface area contributed by atoms with E-state index < -0.39 is 17.6 Å². The van der Waals surface area contributed by atoms with Crippen molar-refractivity contribution in [1.82, 2.24) is 10.6 Å². The predicted octanol–water partition coefficient (Wildman–Crippen LogP) is 3.66. The van der Waals surface area contributed by atoms with Crippen LogP contribution in [0.5, 0.6) is 0 Å². The summed E-state index contributed by atoms with van der Waals surface area (Å²) < 4.78 is 1.02. The molecule has 1 unspecified atom stereocenters. The molecule has 8 heteroatoms. The fraction of sp³-hybridized carbons (Fsp3) is 0.476. The molecule has 1 saturated carbocycles. The zero-order valence-corrected chi connectivity index (χ0v) is 18.0. The first-order valence-corrected chi connectivity index (χ1v) is 12.0. The zero-order valence-electron chi connectivity index (χ0n) is 16.4. The molecule has 1 aliphatic carbocycles. The Morgan fingerprint density at radius 3 is 2.59 bits per heavy atom. The first-order chi connectivity index (χ1) is 13.9. The standard InChI is InChI=1S/C21H26N2O4S2/c1-28-12-9-15(19(25)26)22-20(27)21(10-5-2-6-11-21)23-18(24)17-13-14-7-3-4-8-16(14)29-17/h3-4,7-8,13,15H,2,5-6,9-12H2,1H3,(H,22,27)(H,23,24)(H,25,26). The molecule has 0 bridgehead atoms. The maximum Gasteiger partial charge on any atom is 0.326 e. The molecule has 3 N–H and O–H groups in total. The lowest BCUT2D eigenvalue weighted by molar-refractivity contribution is -0.143. The molecule has 156 valence electrons. The van der Waals surface area contributed by atoms with Gasteiger partial charge in [0.1, 0.15) is 11.6 Å². The van der Waals surface area contributed by atoms with Gasteiger partial charge in [-0.1, -0.05) is 37.5 Å². The van der Waals surface area contributed by atoms with Crippen molar-refractivity contribution in [2.45, 2.75) is 50.1 Å². The molecule has 0 aliphatic heterocycles. The zero-order chi connectivity index (χ0) is 20.9. The third-order valence-electron chi connectivity index (χ3n) is 5.36. The second-order valence-corrected chi connectivity index (χ2v) is 9.46.